The van der Waals surface area contributed by atoms with Gasteiger partial charge in [-0.3, -0.25) is 9.59 Å². The minimum absolute atomic E-state index is 0.236. The van der Waals surface area contributed by atoms with Crippen LogP contribution in [-0.2, 0) is 31.0 Å². The van der Waals surface area contributed by atoms with E-state index in [4.69, 9.17) is 9.47 Å². The number of ether oxygens (including phenoxy) is 2. The maximum atomic E-state index is 13.0. The Morgan fingerprint density at radius 3 is 2.24 bits per heavy atom. The number of benzene rings is 2. The maximum Gasteiger partial charge on any atom is 0.328 e. The number of aliphatic carboxylic acids is 1. The first-order chi connectivity index (χ1) is 16.2. The minimum atomic E-state index is -1.12. The van der Waals surface area contributed by atoms with Gasteiger partial charge in [0.05, 0.1) is 26.7 Å². The fraction of sp³-hybridized carbons (Fsp3) is 0.423. The summed E-state index contributed by atoms with van der Waals surface area (Å²) in [5.74, 6) is -1.50. The van der Waals surface area contributed by atoms with Gasteiger partial charge < -0.3 is 25.2 Å². The monoisotopic (exact) mass is 470 g/mol. The van der Waals surface area contributed by atoms with Crippen LogP contribution in [-0.4, -0.2) is 55.8 Å². The highest BCUT2D eigenvalue weighted by molar-refractivity contribution is 5.90. The molecule has 0 aliphatic heterocycles. The van der Waals surface area contributed by atoms with Gasteiger partial charge in [-0.15, -0.1) is 0 Å². The number of rotatable bonds is 13. The molecule has 0 fully saturated rings. The summed E-state index contributed by atoms with van der Waals surface area (Å²) < 4.78 is 10.3. The van der Waals surface area contributed by atoms with E-state index in [0.717, 1.165) is 16.9 Å². The van der Waals surface area contributed by atoms with Crippen molar-refractivity contribution in [3.63, 3.8) is 0 Å². The van der Waals surface area contributed by atoms with E-state index in [2.05, 4.69) is 24.5 Å². The van der Waals surface area contributed by atoms with E-state index in [1.165, 1.54) is 7.11 Å². The second-order valence-corrected chi connectivity index (χ2v) is 8.71. The van der Waals surface area contributed by atoms with E-state index in [9.17, 15) is 19.5 Å². The highest BCUT2D eigenvalue weighted by atomic mass is 16.5. The molecule has 8 nitrogen and oxygen atoms in total. The van der Waals surface area contributed by atoms with Gasteiger partial charge in [0.1, 0.15) is 11.8 Å². The molecule has 3 N–H and O–H groups in total. The molecule has 0 aliphatic carbocycles. The minimum Gasteiger partial charge on any atom is -0.496 e. The normalized spacial score (nSPS) is 12.9. The van der Waals surface area contributed by atoms with Gasteiger partial charge in [0.25, 0.3) is 0 Å². The Hall–Kier alpha value is -3.39. The summed E-state index contributed by atoms with van der Waals surface area (Å²) in [7, 11) is 2.87. The van der Waals surface area contributed by atoms with Gasteiger partial charge in [-0.25, -0.2) is 4.79 Å². The Labute approximate surface area is 200 Å². The van der Waals surface area contributed by atoms with Gasteiger partial charge in [0.2, 0.25) is 5.91 Å². The predicted molar refractivity (Wildman–Crippen MR) is 129 cm³/mol. The van der Waals surface area contributed by atoms with Gasteiger partial charge in [0.15, 0.2) is 0 Å². The van der Waals surface area contributed by atoms with Crippen molar-refractivity contribution in [3.05, 3.63) is 65.7 Å². The summed E-state index contributed by atoms with van der Waals surface area (Å²) in [6, 6.07) is 15.0. The molecule has 1 amide bonds. The van der Waals surface area contributed by atoms with Crippen molar-refractivity contribution in [2.75, 3.05) is 20.8 Å². The van der Waals surface area contributed by atoms with E-state index in [-0.39, 0.29) is 11.8 Å². The second kappa shape index (κ2) is 12.7. The third kappa shape index (κ3) is 7.88. The zero-order chi connectivity index (χ0) is 25.1. The Morgan fingerprint density at radius 1 is 0.971 bits per heavy atom. The van der Waals surface area contributed by atoms with Crippen molar-refractivity contribution in [1.82, 2.24) is 10.6 Å². The van der Waals surface area contributed by atoms with Gasteiger partial charge in [-0.1, -0.05) is 62.4 Å². The van der Waals surface area contributed by atoms with Gasteiger partial charge in [0, 0.05) is 6.42 Å². The van der Waals surface area contributed by atoms with Crippen molar-refractivity contribution in [1.29, 1.82) is 0 Å². The zero-order valence-electron chi connectivity index (χ0n) is 20.2. The molecule has 0 aliphatic rings. The first kappa shape index (κ1) is 26.9. The lowest BCUT2D eigenvalue weighted by atomic mass is 9.81. The molecule has 0 heterocycles. The molecule has 2 aromatic rings. The molecule has 0 spiro atoms. The smallest absolute Gasteiger partial charge is 0.328 e. The van der Waals surface area contributed by atoms with Crippen molar-refractivity contribution in [2.24, 2.45) is 0 Å². The number of carbonyl (C=O) groups is 3. The van der Waals surface area contributed by atoms with Gasteiger partial charge in [-0.2, -0.15) is 0 Å². The lowest BCUT2D eigenvalue weighted by molar-refractivity contribution is -0.145. The van der Waals surface area contributed by atoms with Crippen LogP contribution in [0, 0.1) is 0 Å². The second-order valence-electron chi connectivity index (χ2n) is 8.71. The van der Waals surface area contributed by atoms with Crippen LogP contribution in [0.15, 0.2) is 54.6 Å². The SMILES string of the molecule is COC(=O)[C@H](Cc1ccccc1)NC(=O)[C@@H](CC(=O)O)NCCC(C)(C)c1ccccc1OC. The highest BCUT2D eigenvalue weighted by Crippen LogP contribution is 2.33. The molecule has 8 heteroatoms. The van der Waals surface area contributed by atoms with Crippen molar-refractivity contribution < 1.29 is 29.0 Å². The summed E-state index contributed by atoms with van der Waals surface area (Å²) in [6.45, 7) is 4.51. The van der Waals surface area contributed by atoms with Crippen LogP contribution >= 0.6 is 0 Å². The molecule has 2 rings (SSSR count). The fourth-order valence-electron chi connectivity index (χ4n) is 3.79. The summed E-state index contributed by atoms with van der Waals surface area (Å²) >= 11 is 0. The summed E-state index contributed by atoms with van der Waals surface area (Å²) in [5, 5.41) is 15.0. The zero-order valence-corrected chi connectivity index (χ0v) is 20.2. The number of nitrogens with one attached hydrogen (secondary N) is 2. The molecule has 2 atom stereocenters. The van der Waals surface area contributed by atoms with Crippen molar-refractivity contribution >= 4 is 17.8 Å². The molecule has 0 saturated heterocycles. The molecule has 184 valence electrons. The fourth-order valence-corrected chi connectivity index (χ4v) is 3.79. The molecule has 0 saturated carbocycles. The van der Waals surface area contributed by atoms with Gasteiger partial charge in [-0.05, 0) is 35.6 Å². The predicted octanol–water partition coefficient (Wildman–Crippen LogP) is 2.70. The molecule has 0 aromatic heterocycles. The molecule has 34 heavy (non-hydrogen) atoms. The number of carboxylic acid groups (broad SMARTS) is 1. The number of carbonyl (C=O) groups excluding carboxylic acids is 2. The number of carboxylic acids is 1. The van der Waals surface area contributed by atoms with E-state index >= 15 is 0 Å². The third-order valence-corrected chi connectivity index (χ3v) is 5.76. The van der Waals surface area contributed by atoms with E-state index in [0.29, 0.717) is 13.0 Å². The molecule has 0 bridgehead atoms. The van der Waals surface area contributed by atoms with Crippen LogP contribution in [0.25, 0.3) is 0 Å². The Morgan fingerprint density at radius 2 is 1.62 bits per heavy atom. The van der Waals surface area contributed by atoms with Gasteiger partial charge >= 0.3 is 11.9 Å². The summed E-state index contributed by atoms with van der Waals surface area (Å²) in [6.07, 6.45) is 0.446. The first-order valence-electron chi connectivity index (χ1n) is 11.2. The number of hydrogen-bond donors (Lipinski definition) is 3. The Balaban J connectivity index is 2.07. The Kier molecular flexibility index (Phi) is 10.1. The number of para-hydroxylation sites is 1. The largest absolute Gasteiger partial charge is 0.496 e. The quantitative estimate of drug-likeness (QED) is 0.386. The highest BCUT2D eigenvalue weighted by Gasteiger charge is 2.29. The average Bonchev–Trinajstić information content (AvgIpc) is 2.82. The number of esters is 1. The number of amides is 1. The number of methoxy groups -OCH3 is 2. The maximum absolute atomic E-state index is 13.0. The molecule has 0 unspecified atom stereocenters. The molecular formula is C26H34N2O6. The van der Waals surface area contributed by atoms with Crippen LogP contribution in [0.1, 0.15) is 37.8 Å². The van der Waals surface area contributed by atoms with Crippen molar-refractivity contribution in [2.45, 2.75) is 50.6 Å². The number of hydrogen-bond acceptors (Lipinski definition) is 6. The average molecular weight is 471 g/mol. The molecule has 2 aromatic carbocycles. The van der Waals surface area contributed by atoms with E-state index in [1.54, 1.807) is 7.11 Å². The molecule has 0 radical (unpaired) electrons. The standard InChI is InChI=1S/C26H34N2O6/c1-26(2,19-12-8-9-13-22(19)33-3)14-15-27-20(17-23(29)30)24(31)28-21(25(32)34-4)16-18-10-6-5-7-11-18/h5-13,20-21,27H,14-17H2,1-4H3,(H,28,31)(H,29,30)/t20-,21+/m1/s1. The van der Waals surface area contributed by atoms with E-state index < -0.39 is 36.4 Å². The van der Waals surface area contributed by atoms with Crippen LogP contribution in [0.2, 0.25) is 0 Å². The van der Waals surface area contributed by atoms with Crippen LogP contribution in [0.5, 0.6) is 5.75 Å². The lowest BCUT2D eigenvalue weighted by Gasteiger charge is -2.28. The summed E-state index contributed by atoms with van der Waals surface area (Å²) in [5.41, 5.74) is 1.58. The Bertz CT molecular complexity index is 961. The van der Waals surface area contributed by atoms with Crippen LogP contribution < -0.4 is 15.4 Å². The van der Waals surface area contributed by atoms with E-state index in [1.807, 2.05) is 54.6 Å². The van der Waals surface area contributed by atoms with Crippen molar-refractivity contribution in [3.8, 4) is 5.75 Å². The molecular weight excluding hydrogens is 436 g/mol. The first-order valence-corrected chi connectivity index (χ1v) is 11.2. The van der Waals surface area contributed by atoms with Crippen LogP contribution in [0.3, 0.4) is 0 Å². The summed E-state index contributed by atoms with van der Waals surface area (Å²) in [4.78, 5) is 36.7. The third-order valence-electron chi connectivity index (χ3n) is 5.76. The lowest BCUT2D eigenvalue weighted by Crippen LogP contribution is -2.52. The van der Waals surface area contributed by atoms with Crippen LogP contribution in [0.4, 0.5) is 0 Å². The topological polar surface area (TPSA) is 114 Å².